The van der Waals surface area contributed by atoms with Gasteiger partial charge < -0.3 is 10.2 Å². The Morgan fingerprint density at radius 3 is 2.81 bits per heavy atom. The van der Waals surface area contributed by atoms with Crippen LogP contribution < -0.4 is 5.32 Å². The van der Waals surface area contributed by atoms with Crippen LogP contribution in [-0.4, -0.2) is 27.5 Å². The summed E-state index contributed by atoms with van der Waals surface area (Å²) in [5, 5.41) is 10.2. The molecule has 0 radical (unpaired) electrons. The van der Waals surface area contributed by atoms with Crippen LogP contribution in [0.15, 0.2) is 29.6 Å². The van der Waals surface area contributed by atoms with Crippen LogP contribution in [0.4, 0.5) is 18.9 Å². The van der Waals surface area contributed by atoms with Crippen LogP contribution in [0.1, 0.15) is 30.2 Å². The van der Waals surface area contributed by atoms with Gasteiger partial charge in [-0.1, -0.05) is 16.8 Å². The van der Waals surface area contributed by atoms with Gasteiger partial charge in [-0.05, 0) is 32.0 Å². The summed E-state index contributed by atoms with van der Waals surface area (Å²) in [6.45, 7) is 4.46. The number of anilines is 1. The Labute approximate surface area is 157 Å². The van der Waals surface area contributed by atoms with Crippen molar-refractivity contribution in [2.45, 2.75) is 39.1 Å². The summed E-state index contributed by atoms with van der Waals surface area (Å²) < 4.78 is 40.5. The molecule has 1 aromatic carbocycles. The van der Waals surface area contributed by atoms with Gasteiger partial charge in [-0.3, -0.25) is 9.48 Å². The fraction of sp³-hybridized carbons (Fsp3) is 0.353. The summed E-state index contributed by atoms with van der Waals surface area (Å²) in [4.78, 5) is 17.5. The van der Waals surface area contributed by atoms with Crippen LogP contribution in [0.3, 0.4) is 0 Å². The SMILES string of the molecule is CCn1cc(C2=NOC(C(=O)Nc3ccc(Cl)c(C(F)(F)F)c3)C2)c(C)n1. The zero-order chi connectivity index (χ0) is 19.8. The minimum Gasteiger partial charge on any atom is -0.382 e. The lowest BCUT2D eigenvalue weighted by molar-refractivity contribution is -0.137. The zero-order valence-electron chi connectivity index (χ0n) is 14.5. The Hall–Kier alpha value is -2.55. The number of hydrogen-bond acceptors (Lipinski definition) is 4. The van der Waals surface area contributed by atoms with E-state index in [0.29, 0.717) is 12.3 Å². The molecule has 2 aromatic rings. The van der Waals surface area contributed by atoms with Gasteiger partial charge in [-0.25, -0.2) is 0 Å². The fourth-order valence-electron chi connectivity index (χ4n) is 2.68. The highest BCUT2D eigenvalue weighted by molar-refractivity contribution is 6.31. The van der Waals surface area contributed by atoms with E-state index in [2.05, 4.69) is 15.6 Å². The Morgan fingerprint density at radius 1 is 1.44 bits per heavy atom. The van der Waals surface area contributed by atoms with Crippen molar-refractivity contribution in [1.82, 2.24) is 9.78 Å². The molecule has 10 heteroatoms. The predicted octanol–water partition coefficient (Wildman–Crippen LogP) is 4.02. The number of nitrogens with zero attached hydrogens (tertiary/aromatic N) is 3. The summed E-state index contributed by atoms with van der Waals surface area (Å²) in [5.74, 6) is -0.593. The third kappa shape index (κ3) is 4.08. The molecule has 1 aliphatic heterocycles. The predicted molar refractivity (Wildman–Crippen MR) is 93.7 cm³/mol. The van der Waals surface area contributed by atoms with E-state index in [4.69, 9.17) is 16.4 Å². The molecular formula is C17H16ClF3N4O2. The number of carbonyl (C=O) groups excluding carboxylic acids is 1. The first-order chi connectivity index (χ1) is 12.7. The second-order valence-electron chi connectivity index (χ2n) is 6.00. The van der Waals surface area contributed by atoms with Crippen molar-refractivity contribution >= 4 is 28.9 Å². The van der Waals surface area contributed by atoms with Gasteiger partial charge in [0.25, 0.3) is 5.91 Å². The Morgan fingerprint density at radius 2 is 2.19 bits per heavy atom. The maximum absolute atomic E-state index is 12.9. The number of rotatable bonds is 4. The first-order valence-corrected chi connectivity index (χ1v) is 8.51. The highest BCUT2D eigenvalue weighted by Gasteiger charge is 2.34. The first kappa shape index (κ1) is 19.2. The van der Waals surface area contributed by atoms with E-state index in [-0.39, 0.29) is 12.1 Å². The highest BCUT2D eigenvalue weighted by Crippen LogP contribution is 2.36. The number of aryl methyl sites for hydroxylation is 2. The average molecular weight is 401 g/mol. The van der Waals surface area contributed by atoms with Gasteiger partial charge in [0.15, 0.2) is 0 Å². The van der Waals surface area contributed by atoms with Crippen molar-refractivity contribution in [3.05, 3.63) is 46.2 Å². The molecular weight excluding hydrogens is 385 g/mol. The second kappa shape index (κ2) is 7.22. The van der Waals surface area contributed by atoms with Crippen LogP contribution in [0.2, 0.25) is 5.02 Å². The van der Waals surface area contributed by atoms with Gasteiger partial charge >= 0.3 is 6.18 Å². The third-order valence-corrected chi connectivity index (χ3v) is 4.41. The van der Waals surface area contributed by atoms with Gasteiger partial charge in [0.1, 0.15) is 0 Å². The molecule has 0 bridgehead atoms. The van der Waals surface area contributed by atoms with Gasteiger partial charge in [-0.15, -0.1) is 0 Å². The number of oxime groups is 1. The van der Waals surface area contributed by atoms with E-state index in [0.717, 1.165) is 23.4 Å². The van der Waals surface area contributed by atoms with E-state index in [1.54, 1.807) is 4.68 Å². The average Bonchev–Trinajstić information content (AvgIpc) is 3.22. The molecule has 27 heavy (non-hydrogen) atoms. The quantitative estimate of drug-likeness (QED) is 0.843. The van der Waals surface area contributed by atoms with Crippen molar-refractivity contribution in [3.63, 3.8) is 0 Å². The highest BCUT2D eigenvalue weighted by atomic mass is 35.5. The topological polar surface area (TPSA) is 68.5 Å². The molecule has 0 spiro atoms. The smallest absolute Gasteiger partial charge is 0.382 e. The lowest BCUT2D eigenvalue weighted by Gasteiger charge is -2.13. The Balaban J connectivity index is 1.69. The van der Waals surface area contributed by atoms with Crippen molar-refractivity contribution in [2.75, 3.05) is 5.32 Å². The monoisotopic (exact) mass is 400 g/mol. The van der Waals surface area contributed by atoms with Crippen LogP contribution in [-0.2, 0) is 22.4 Å². The molecule has 1 unspecified atom stereocenters. The molecule has 1 aliphatic rings. The molecule has 6 nitrogen and oxygen atoms in total. The summed E-state index contributed by atoms with van der Waals surface area (Å²) in [7, 11) is 0. The molecule has 1 atom stereocenters. The summed E-state index contributed by atoms with van der Waals surface area (Å²) in [5.41, 5.74) is 1.06. The molecule has 0 aliphatic carbocycles. The molecule has 1 aromatic heterocycles. The third-order valence-electron chi connectivity index (χ3n) is 4.08. The minimum atomic E-state index is -4.62. The Kier molecular flexibility index (Phi) is 5.14. The number of hydrogen-bond donors (Lipinski definition) is 1. The minimum absolute atomic E-state index is 0.0243. The first-order valence-electron chi connectivity index (χ1n) is 8.13. The van der Waals surface area contributed by atoms with E-state index >= 15 is 0 Å². The van der Waals surface area contributed by atoms with E-state index in [9.17, 15) is 18.0 Å². The number of alkyl halides is 3. The van der Waals surface area contributed by atoms with Crippen molar-refractivity contribution in [1.29, 1.82) is 0 Å². The number of aromatic nitrogens is 2. The zero-order valence-corrected chi connectivity index (χ0v) is 15.2. The van der Waals surface area contributed by atoms with Crippen LogP contribution in [0.25, 0.3) is 0 Å². The van der Waals surface area contributed by atoms with Crippen molar-refractivity contribution in [2.24, 2.45) is 5.16 Å². The van der Waals surface area contributed by atoms with Crippen LogP contribution in [0.5, 0.6) is 0 Å². The van der Waals surface area contributed by atoms with E-state index in [1.807, 2.05) is 20.0 Å². The normalized spacial score (nSPS) is 16.8. The number of halogens is 4. The molecule has 3 rings (SSSR count). The lowest BCUT2D eigenvalue weighted by Crippen LogP contribution is -2.28. The largest absolute Gasteiger partial charge is 0.417 e. The van der Waals surface area contributed by atoms with E-state index < -0.39 is 28.8 Å². The number of nitrogens with one attached hydrogen (secondary N) is 1. The second-order valence-corrected chi connectivity index (χ2v) is 6.41. The van der Waals surface area contributed by atoms with Gasteiger partial charge in [0.2, 0.25) is 6.10 Å². The standard InChI is InChI=1S/C17H16ClF3N4O2/c1-3-25-8-11(9(2)23-25)14-7-15(27-24-14)16(26)22-10-4-5-13(18)12(6-10)17(19,20)21/h4-6,8,15H,3,7H2,1-2H3,(H,22,26). The summed E-state index contributed by atoms with van der Waals surface area (Å²) >= 11 is 5.58. The summed E-state index contributed by atoms with van der Waals surface area (Å²) in [6, 6.07) is 3.16. The number of benzene rings is 1. The number of amides is 1. The van der Waals surface area contributed by atoms with Crippen molar-refractivity contribution in [3.8, 4) is 0 Å². The molecule has 0 fully saturated rings. The molecule has 0 saturated heterocycles. The molecule has 2 heterocycles. The van der Waals surface area contributed by atoms with Gasteiger partial charge in [0, 0.05) is 30.4 Å². The van der Waals surface area contributed by atoms with Crippen LogP contribution in [0, 0.1) is 6.92 Å². The lowest BCUT2D eigenvalue weighted by atomic mass is 10.1. The molecule has 1 N–H and O–H groups in total. The van der Waals surface area contributed by atoms with Crippen LogP contribution >= 0.6 is 11.6 Å². The maximum Gasteiger partial charge on any atom is 0.417 e. The summed E-state index contributed by atoms with van der Waals surface area (Å²) in [6.07, 6.45) is -3.54. The fourth-order valence-corrected chi connectivity index (χ4v) is 2.91. The van der Waals surface area contributed by atoms with Gasteiger partial charge in [-0.2, -0.15) is 18.3 Å². The van der Waals surface area contributed by atoms with E-state index in [1.165, 1.54) is 6.07 Å². The molecule has 1 amide bonds. The molecule has 0 saturated carbocycles. The maximum atomic E-state index is 12.9. The Bertz CT molecular complexity index is 908. The molecule has 144 valence electrons. The van der Waals surface area contributed by atoms with Gasteiger partial charge in [0.05, 0.1) is 22.0 Å². The van der Waals surface area contributed by atoms with Crippen molar-refractivity contribution < 1.29 is 22.8 Å². The number of carbonyl (C=O) groups is 1.